The van der Waals surface area contributed by atoms with Crippen LogP contribution in [0.1, 0.15) is 34.2 Å². The van der Waals surface area contributed by atoms with Gasteiger partial charge in [-0.25, -0.2) is 9.97 Å². The van der Waals surface area contributed by atoms with Crippen molar-refractivity contribution in [2.75, 3.05) is 11.9 Å². The van der Waals surface area contributed by atoms with E-state index in [0.717, 1.165) is 34.9 Å². The van der Waals surface area contributed by atoms with E-state index in [1.165, 1.54) is 30.0 Å². The van der Waals surface area contributed by atoms with E-state index in [2.05, 4.69) is 21.1 Å². The van der Waals surface area contributed by atoms with E-state index < -0.39 is 0 Å². The maximum absolute atomic E-state index is 12.3. The summed E-state index contributed by atoms with van der Waals surface area (Å²) in [7, 11) is 0. The second-order valence-electron chi connectivity index (χ2n) is 6.39. The minimum atomic E-state index is -0.199. The number of nitrogens with two attached hydrogens (primary N) is 1. The van der Waals surface area contributed by atoms with Gasteiger partial charge in [0.1, 0.15) is 11.5 Å². The summed E-state index contributed by atoms with van der Waals surface area (Å²) in [6.45, 7) is 1.59. The molecule has 1 aliphatic heterocycles. The van der Waals surface area contributed by atoms with Gasteiger partial charge in [0.25, 0.3) is 5.91 Å². The summed E-state index contributed by atoms with van der Waals surface area (Å²) in [5.74, 6) is 0.968. The Balaban J connectivity index is 1.45. The Labute approximate surface area is 156 Å². The quantitative estimate of drug-likeness (QED) is 0.725. The van der Waals surface area contributed by atoms with E-state index in [1.807, 2.05) is 24.3 Å². The van der Waals surface area contributed by atoms with Crippen LogP contribution >= 0.6 is 11.3 Å². The standard InChI is InChI=1S/C19H21N5OS/c20-9-8-18-23-16(12-26-18)19(25)21-14-6-4-13(5-7-14)15-11-24-10-2-1-3-17(24)22-15/h4-7,11-12H,1-3,8-10,20H2,(H,21,25). The molecule has 0 fully saturated rings. The third-order valence-corrected chi connectivity index (χ3v) is 5.40. The van der Waals surface area contributed by atoms with Gasteiger partial charge in [-0.1, -0.05) is 12.1 Å². The summed E-state index contributed by atoms with van der Waals surface area (Å²) in [5.41, 5.74) is 8.75. The smallest absolute Gasteiger partial charge is 0.275 e. The van der Waals surface area contributed by atoms with Gasteiger partial charge in [0, 0.05) is 42.2 Å². The molecule has 0 saturated carbocycles. The molecule has 1 aromatic carbocycles. The molecule has 7 heteroatoms. The van der Waals surface area contributed by atoms with Crippen molar-refractivity contribution in [2.24, 2.45) is 5.73 Å². The molecule has 26 heavy (non-hydrogen) atoms. The molecule has 3 N–H and O–H groups in total. The lowest BCUT2D eigenvalue weighted by Crippen LogP contribution is -2.12. The fraction of sp³-hybridized carbons (Fsp3) is 0.316. The summed E-state index contributed by atoms with van der Waals surface area (Å²) in [4.78, 5) is 21.4. The van der Waals surface area contributed by atoms with Crippen molar-refractivity contribution in [3.63, 3.8) is 0 Å². The van der Waals surface area contributed by atoms with E-state index >= 15 is 0 Å². The number of aromatic nitrogens is 3. The Morgan fingerprint density at radius 3 is 2.85 bits per heavy atom. The molecule has 0 radical (unpaired) electrons. The first-order valence-electron chi connectivity index (χ1n) is 8.85. The molecule has 0 bridgehead atoms. The van der Waals surface area contributed by atoms with Crippen LogP contribution in [0.5, 0.6) is 0 Å². The predicted octanol–water partition coefficient (Wildman–Crippen LogP) is 3.10. The van der Waals surface area contributed by atoms with Crippen LogP contribution in [-0.4, -0.2) is 27.0 Å². The van der Waals surface area contributed by atoms with Crippen LogP contribution in [0.15, 0.2) is 35.8 Å². The maximum atomic E-state index is 12.3. The SMILES string of the molecule is NCCc1nc(C(=O)Nc2ccc(-c3cn4c(n3)CCCC4)cc2)cs1. The number of carbonyl (C=O) groups is 1. The highest BCUT2D eigenvalue weighted by molar-refractivity contribution is 7.09. The highest BCUT2D eigenvalue weighted by Crippen LogP contribution is 2.24. The molecule has 0 aliphatic carbocycles. The average molecular weight is 367 g/mol. The molecule has 3 heterocycles. The van der Waals surface area contributed by atoms with Gasteiger partial charge in [-0.2, -0.15) is 0 Å². The van der Waals surface area contributed by atoms with Crippen molar-refractivity contribution in [1.29, 1.82) is 0 Å². The van der Waals surface area contributed by atoms with Crippen LogP contribution in [0.4, 0.5) is 5.69 Å². The Bertz CT molecular complexity index is 889. The molecule has 0 atom stereocenters. The second-order valence-corrected chi connectivity index (χ2v) is 7.33. The van der Waals surface area contributed by atoms with Crippen LogP contribution < -0.4 is 11.1 Å². The van der Waals surface area contributed by atoms with Crippen molar-refractivity contribution in [3.8, 4) is 11.3 Å². The number of anilines is 1. The van der Waals surface area contributed by atoms with Crippen molar-refractivity contribution in [2.45, 2.75) is 32.2 Å². The molecular formula is C19H21N5OS. The molecule has 0 unspecified atom stereocenters. The van der Waals surface area contributed by atoms with E-state index in [0.29, 0.717) is 18.7 Å². The van der Waals surface area contributed by atoms with Crippen molar-refractivity contribution < 1.29 is 4.79 Å². The van der Waals surface area contributed by atoms with Gasteiger partial charge in [0.2, 0.25) is 0 Å². The third-order valence-electron chi connectivity index (χ3n) is 4.49. The zero-order valence-corrected chi connectivity index (χ0v) is 15.3. The summed E-state index contributed by atoms with van der Waals surface area (Å²) >= 11 is 1.46. The Morgan fingerprint density at radius 2 is 2.08 bits per heavy atom. The number of hydrogen-bond acceptors (Lipinski definition) is 5. The minimum Gasteiger partial charge on any atom is -0.334 e. The number of carbonyl (C=O) groups excluding carboxylic acids is 1. The second kappa shape index (κ2) is 7.39. The number of nitrogens with one attached hydrogen (secondary N) is 1. The van der Waals surface area contributed by atoms with Crippen molar-refractivity contribution in [1.82, 2.24) is 14.5 Å². The third kappa shape index (κ3) is 3.54. The number of aryl methyl sites for hydroxylation is 2. The zero-order valence-electron chi connectivity index (χ0n) is 14.4. The average Bonchev–Trinajstić information content (AvgIpc) is 3.29. The number of rotatable bonds is 5. The van der Waals surface area contributed by atoms with Gasteiger partial charge >= 0.3 is 0 Å². The highest BCUT2D eigenvalue weighted by atomic mass is 32.1. The zero-order chi connectivity index (χ0) is 17.9. The summed E-state index contributed by atoms with van der Waals surface area (Å²) in [6.07, 6.45) is 6.30. The summed E-state index contributed by atoms with van der Waals surface area (Å²) in [5, 5.41) is 5.54. The first kappa shape index (κ1) is 16.9. The number of hydrogen-bond donors (Lipinski definition) is 2. The molecule has 1 aliphatic rings. The Kier molecular flexibility index (Phi) is 4.81. The molecule has 2 aromatic heterocycles. The topological polar surface area (TPSA) is 85.8 Å². The monoisotopic (exact) mass is 367 g/mol. The molecule has 0 spiro atoms. The number of imidazole rings is 1. The van der Waals surface area contributed by atoms with E-state index in [-0.39, 0.29) is 5.91 Å². The maximum Gasteiger partial charge on any atom is 0.275 e. The molecule has 6 nitrogen and oxygen atoms in total. The largest absolute Gasteiger partial charge is 0.334 e. The van der Waals surface area contributed by atoms with Gasteiger partial charge in [-0.15, -0.1) is 11.3 Å². The minimum absolute atomic E-state index is 0.199. The fourth-order valence-electron chi connectivity index (χ4n) is 3.12. The van der Waals surface area contributed by atoms with Crippen LogP contribution in [0.25, 0.3) is 11.3 Å². The number of benzene rings is 1. The summed E-state index contributed by atoms with van der Waals surface area (Å²) < 4.78 is 2.25. The number of amides is 1. The molecule has 1 amide bonds. The molecule has 4 rings (SSSR count). The normalized spacial score (nSPS) is 13.4. The van der Waals surface area contributed by atoms with Crippen molar-refractivity contribution in [3.05, 3.63) is 52.4 Å². The van der Waals surface area contributed by atoms with E-state index in [4.69, 9.17) is 10.7 Å². The molecule has 0 saturated heterocycles. The lowest BCUT2D eigenvalue weighted by Gasteiger charge is -2.11. The Hall–Kier alpha value is -2.51. The van der Waals surface area contributed by atoms with Gasteiger partial charge in [0.15, 0.2) is 0 Å². The molecular weight excluding hydrogens is 346 g/mol. The molecule has 3 aromatic rings. The first-order valence-corrected chi connectivity index (χ1v) is 9.73. The van der Waals surface area contributed by atoms with Gasteiger partial charge in [-0.05, 0) is 31.5 Å². The number of nitrogens with zero attached hydrogens (tertiary/aromatic N) is 3. The lowest BCUT2D eigenvalue weighted by atomic mass is 10.1. The lowest BCUT2D eigenvalue weighted by molar-refractivity contribution is 0.102. The predicted molar refractivity (Wildman–Crippen MR) is 103 cm³/mol. The highest BCUT2D eigenvalue weighted by Gasteiger charge is 2.14. The van der Waals surface area contributed by atoms with Crippen LogP contribution in [-0.2, 0) is 19.4 Å². The van der Waals surface area contributed by atoms with E-state index in [1.54, 1.807) is 5.38 Å². The Morgan fingerprint density at radius 1 is 1.23 bits per heavy atom. The summed E-state index contributed by atoms with van der Waals surface area (Å²) in [6, 6.07) is 7.78. The number of thiazole rings is 1. The first-order chi connectivity index (χ1) is 12.7. The van der Waals surface area contributed by atoms with E-state index in [9.17, 15) is 4.79 Å². The van der Waals surface area contributed by atoms with Crippen molar-refractivity contribution >= 4 is 22.9 Å². The fourth-order valence-corrected chi connectivity index (χ4v) is 3.92. The van der Waals surface area contributed by atoms with Crippen LogP contribution in [0.3, 0.4) is 0 Å². The van der Waals surface area contributed by atoms with Crippen LogP contribution in [0.2, 0.25) is 0 Å². The van der Waals surface area contributed by atoms with Gasteiger partial charge < -0.3 is 15.6 Å². The molecule has 134 valence electrons. The number of fused-ring (bicyclic) bond motifs is 1. The van der Waals surface area contributed by atoms with Crippen LogP contribution in [0, 0.1) is 0 Å². The van der Waals surface area contributed by atoms with Gasteiger partial charge in [0.05, 0.1) is 10.7 Å². The van der Waals surface area contributed by atoms with Gasteiger partial charge in [-0.3, -0.25) is 4.79 Å².